The van der Waals surface area contributed by atoms with Gasteiger partial charge in [-0.25, -0.2) is 4.79 Å². The van der Waals surface area contributed by atoms with Crippen LogP contribution in [-0.2, 0) is 13.6 Å². The predicted molar refractivity (Wildman–Crippen MR) is 88.7 cm³/mol. The molecule has 0 aliphatic carbocycles. The first-order valence-corrected chi connectivity index (χ1v) is 7.24. The maximum absolute atomic E-state index is 11.9. The van der Waals surface area contributed by atoms with E-state index >= 15 is 0 Å². The first-order valence-electron chi connectivity index (χ1n) is 7.24. The van der Waals surface area contributed by atoms with Gasteiger partial charge in [0.05, 0.1) is 5.69 Å². The second kappa shape index (κ2) is 6.74. The van der Waals surface area contributed by atoms with Crippen molar-refractivity contribution in [3.8, 4) is 11.3 Å². The van der Waals surface area contributed by atoms with E-state index in [2.05, 4.69) is 20.7 Å². The molecule has 0 bridgehead atoms. The number of benzene rings is 1. The fourth-order valence-corrected chi connectivity index (χ4v) is 2.26. The third kappa shape index (κ3) is 3.74. The molecular formula is C17H17N5O. The van der Waals surface area contributed by atoms with Crippen LogP contribution in [0, 0.1) is 0 Å². The molecule has 0 saturated heterocycles. The lowest BCUT2D eigenvalue weighted by Gasteiger charge is -2.08. The minimum atomic E-state index is -0.248. The number of carbonyl (C=O) groups is 1. The Morgan fingerprint density at radius 2 is 2.00 bits per heavy atom. The topological polar surface area (TPSA) is 71.8 Å². The number of carbonyl (C=O) groups excluding carboxylic acids is 1. The summed E-state index contributed by atoms with van der Waals surface area (Å²) in [5, 5.41) is 9.75. The molecule has 6 heteroatoms. The van der Waals surface area contributed by atoms with Crippen LogP contribution in [-0.4, -0.2) is 20.8 Å². The summed E-state index contributed by atoms with van der Waals surface area (Å²) >= 11 is 0. The van der Waals surface area contributed by atoms with Gasteiger partial charge in [-0.05, 0) is 29.8 Å². The molecule has 2 aromatic heterocycles. The van der Waals surface area contributed by atoms with Gasteiger partial charge in [-0.2, -0.15) is 5.10 Å². The second-order valence-corrected chi connectivity index (χ2v) is 5.10. The van der Waals surface area contributed by atoms with E-state index in [1.54, 1.807) is 23.3 Å². The monoisotopic (exact) mass is 307 g/mol. The van der Waals surface area contributed by atoms with Gasteiger partial charge in [-0.15, -0.1) is 0 Å². The first kappa shape index (κ1) is 14.8. The van der Waals surface area contributed by atoms with Gasteiger partial charge in [-0.3, -0.25) is 9.67 Å². The fourth-order valence-electron chi connectivity index (χ4n) is 2.26. The number of rotatable bonds is 4. The molecule has 2 heterocycles. The Kier molecular flexibility index (Phi) is 4.33. The van der Waals surface area contributed by atoms with Gasteiger partial charge in [-0.1, -0.05) is 18.2 Å². The van der Waals surface area contributed by atoms with Crippen LogP contribution in [0.25, 0.3) is 11.3 Å². The summed E-state index contributed by atoms with van der Waals surface area (Å²) in [6.45, 7) is 0.400. The van der Waals surface area contributed by atoms with E-state index < -0.39 is 0 Å². The molecule has 23 heavy (non-hydrogen) atoms. The lowest BCUT2D eigenvalue weighted by atomic mass is 10.1. The molecule has 0 atom stereocenters. The highest BCUT2D eigenvalue weighted by molar-refractivity contribution is 5.89. The number of anilines is 1. The smallest absolute Gasteiger partial charge is 0.319 e. The highest BCUT2D eigenvalue weighted by atomic mass is 16.2. The Balaban J connectivity index is 1.62. The maximum atomic E-state index is 11.9. The summed E-state index contributed by atoms with van der Waals surface area (Å²) in [7, 11) is 1.88. The minimum absolute atomic E-state index is 0.248. The third-order valence-electron chi connectivity index (χ3n) is 3.40. The van der Waals surface area contributed by atoms with Crippen LogP contribution in [0.15, 0.2) is 61.1 Å². The number of amides is 2. The zero-order chi connectivity index (χ0) is 16.1. The Morgan fingerprint density at radius 1 is 1.17 bits per heavy atom. The molecule has 3 rings (SSSR count). The van der Waals surface area contributed by atoms with Crippen molar-refractivity contribution in [2.75, 3.05) is 5.32 Å². The molecule has 1 aromatic carbocycles. The number of aryl methyl sites for hydroxylation is 1. The van der Waals surface area contributed by atoms with Gasteiger partial charge >= 0.3 is 6.03 Å². The number of hydrogen-bond donors (Lipinski definition) is 2. The molecular weight excluding hydrogens is 290 g/mol. The van der Waals surface area contributed by atoms with Crippen molar-refractivity contribution in [2.24, 2.45) is 7.05 Å². The van der Waals surface area contributed by atoms with Crippen molar-refractivity contribution in [3.05, 3.63) is 66.6 Å². The largest absolute Gasteiger partial charge is 0.334 e. The molecule has 3 aromatic rings. The molecule has 0 unspecified atom stereocenters. The van der Waals surface area contributed by atoms with Crippen molar-refractivity contribution < 1.29 is 4.79 Å². The molecule has 116 valence electrons. The second-order valence-electron chi connectivity index (χ2n) is 5.10. The van der Waals surface area contributed by atoms with E-state index in [-0.39, 0.29) is 6.03 Å². The van der Waals surface area contributed by atoms with E-state index in [0.29, 0.717) is 6.54 Å². The average molecular weight is 307 g/mol. The van der Waals surface area contributed by atoms with Gasteiger partial charge in [0.25, 0.3) is 0 Å². The average Bonchev–Trinajstić information content (AvgIpc) is 3.00. The lowest BCUT2D eigenvalue weighted by Crippen LogP contribution is -2.28. The fraction of sp³-hybridized carbons (Fsp3) is 0.118. The van der Waals surface area contributed by atoms with E-state index in [4.69, 9.17) is 0 Å². The molecule has 0 fully saturated rings. The zero-order valence-electron chi connectivity index (χ0n) is 12.7. The Hall–Kier alpha value is -3.15. The molecule has 2 amide bonds. The SMILES string of the molecule is Cn1nccc1-c1cncc(CNC(=O)Nc2ccccc2)c1. The van der Waals surface area contributed by atoms with Crippen LogP contribution < -0.4 is 10.6 Å². The molecule has 0 spiro atoms. The van der Waals surface area contributed by atoms with Crippen LogP contribution in [0.3, 0.4) is 0 Å². The van der Waals surface area contributed by atoms with E-state index in [1.807, 2.05) is 49.5 Å². The van der Waals surface area contributed by atoms with Crippen molar-refractivity contribution in [1.82, 2.24) is 20.1 Å². The van der Waals surface area contributed by atoms with Crippen LogP contribution in [0.5, 0.6) is 0 Å². The molecule has 2 N–H and O–H groups in total. The quantitative estimate of drug-likeness (QED) is 0.778. The number of nitrogens with one attached hydrogen (secondary N) is 2. The summed E-state index contributed by atoms with van der Waals surface area (Å²) in [6, 6.07) is 13.0. The summed E-state index contributed by atoms with van der Waals surface area (Å²) in [5.74, 6) is 0. The normalized spacial score (nSPS) is 10.3. The van der Waals surface area contributed by atoms with Crippen LogP contribution in [0.1, 0.15) is 5.56 Å². The predicted octanol–water partition coefficient (Wildman–Crippen LogP) is 2.80. The Morgan fingerprint density at radius 3 is 2.74 bits per heavy atom. The number of urea groups is 1. The third-order valence-corrected chi connectivity index (χ3v) is 3.40. The number of hydrogen-bond acceptors (Lipinski definition) is 3. The molecule has 0 saturated carbocycles. The van der Waals surface area contributed by atoms with Crippen molar-refractivity contribution in [2.45, 2.75) is 6.54 Å². The van der Waals surface area contributed by atoms with Gasteiger partial charge in [0, 0.05) is 43.4 Å². The maximum Gasteiger partial charge on any atom is 0.319 e. The summed E-state index contributed by atoms with van der Waals surface area (Å²) < 4.78 is 1.79. The minimum Gasteiger partial charge on any atom is -0.334 e. The number of pyridine rings is 1. The summed E-state index contributed by atoms with van der Waals surface area (Å²) in [4.78, 5) is 16.1. The van der Waals surface area contributed by atoms with Crippen molar-refractivity contribution >= 4 is 11.7 Å². The van der Waals surface area contributed by atoms with Crippen LogP contribution in [0.4, 0.5) is 10.5 Å². The van der Waals surface area contributed by atoms with Gasteiger partial charge in [0.2, 0.25) is 0 Å². The van der Waals surface area contributed by atoms with Gasteiger partial charge < -0.3 is 10.6 Å². The molecule has 0 aliphatic rings. The lowest BCUT2D eigenvalue weighted by molar-refractivity contribution is 0.251. The summed E-state index contributed by atoms with van der Waals surface area (Å²) in [5.41, 5.74) is 3.62. The van der Waals surface area contributed by atoms with Crippen molar-refractivity contribution in [1.29, 1.82) is 0 Å². The first-order chi connectivity index (χ1) is 11.2. The van der Waals surface area contributed by atoms with E-state index in [1.165, 1.54) is 0 Å². The van der Waals surface area contributed by atoms with Crippen molar-refractivity contribution in [3.63, 3.8) is 0 Å². The Labute approximate surface area is 134 Å². The van der Waals surface area contributed by atoms with Crippen LogP contribution >= 0.6 is 0 Å². The van der Waals surface area contributed by atoms with E-state index in [9.17, 15) is 4.79 Å². The van der Waals surface area contributed by atoms with Gasteiger partial charge in [0.1, 0.15) is 0 Å². The molecule has 6 nitrogen and oxygen atoms in total. The Bertz CT molecular complexity index is 798. The highest BCUT2D eigenvalue weighted by Crippen LogP contribution is 2.18. The highest BCUT2D eigenvalue weighted by Gasteiger charge is 2.06. The van der Waals surface area contributed by atoms with Crippen LogP contribution in [0.2, 0.25) is 0 Å². The van der Waals surface area contributed by atoms with Gasteiger partial charge in [0.15, 0.2) is 0 Å². The molecule has 0 aliphatic heterocycles. The molecule has 0 radical (unpaired) electrons. The zero-order valence-corrected chi connectivity index (χ0v) is 12.7. The summed E-state index contributed by atoms with van der Waals surface area (Å²) in [6.07, 6.45) is 5.26. The standard InChI is InChI=1S/C17H17N5O/c1-22-16(7-8-20-22)14-9-13(10-18-12-14)11-19-17(23)21-15-5-3-2-4-6-15/h2-10,12H,11H2,1H3,(H2,19,21,23). The number of nitrogens with zero attached hydrogens (tertiary/aromatic N) is 3. The van der Waals surface area contributed by atoms with E-state index in [0.717, 1.165) is 22.5 Å². The number of aromatic nitrogens is 3. The number of para-hydroxylation sites is 1.